The summed E-state index contributed by atoms with van der Waals surface area (Å²) in [7, 11) is 0. The van der Waals surface area contributed by atoms with Crippen molar-refractivity contribution in [2.45, 2.75) is 6.92 Å². The highest BCUT2D eigenvalue weighted by Crippen LogP contribution is 2.33. The molecule has 2 aromatic carbocycles. The van der Waals surface area contributed by atoms with Crippen LogP contribution in [0.1, 0.15) is 16.7 Å². The molecule has 0 saturated carbocycles. The zero-order chi connectivity index (χ0) is 13.4. The van der Waals surface area contributed by atoms with E-state index in [1.54, 1.807) is 12.1 Å². The number of halogens is 1. The van der Waals surface area contributed by atoms with Crippen molar-refractivity contribution in [3.05, 3.63) is 65.0 Å². The van der Waals surface area contributed by atoms with E-state index in [4.69, 9.17) is 0 Å². The van der Waals surface area contributed by atoms with Gasteiger partial charge < -0.3 is 5.32 Å². The molecule has 0 bridgehead atoms. The van der Waals surface area contributed by atoms with Crippen LogP contribution in [0.15, 0.2) is 42.5 Å². The number of carbonyl (C=O) groups excluding carboxylic acids is 1. The molecule has 3 rings (SSSR count). The Hall–Kier alpha value is -2.42. The standard InChI is InChI=1S/C16H12FNO/c1-10-4-2-3-5-11(10)8-14-13-9-12(17)6-7-15(13)18-16(14)19/h2-9H,1H3,(H,18,19)/b14-8+. The summed E-state index contributed by atoms with van der Waals surface area (Å²) < 4.78 is 13.3. The van der Waals surface area contributed by atoms with Gasteiger partial charge in [-0.2, -0.15) is 0 Å². The number of aryl methyl sites for hydroxylation is 1. The Morgan fingerprint density at radius 1 is 1.16 bits per heavy atom. The summed E-state index contributed by atoms with van der Waals surface area (Å²) in [6, 6.07) is 12.1. The first-order chi connectivity index (χ1) is 9.15. The average Bonchev–Trinajstić information content (AvgIpc) is 2.69. The van der Waals surface area contributed by atoms with Gasteiger partial charge in [-0.25, -0.2) is 4.39 Å². The third kappa shape index (κ3) is 2.03. The number of benzene rings is 2. The Balaban J connectivity index is 2.14. The van der Waals surface area contributed by atoms with Crippen molar-refractivity contribution in [3.8, 4) is 0 Å². The van der Waals surface area contributed by atoms with Crippen LogP contribution in [-0.4, -0.2) is 5.91 Å². The third-order valence-electron chi connectivity index (χ3n) is 3.25. The topological polar surface area (TPSA) is 29.1 Å². The molecule has 1 amide bonds. The Kier molecular flexibility index (Phi) is 2.67. The maximum atomic E-state index is 13.3. The highest BCUT2D eigenvalue weighted by Gasteiger charge is 2.24. The molecular weight excluding hydrogens is 241 g/mol. The van der Waals surface area contributed by atoms with Crippen molar-refractivity contribution >= 4 is 23.2 Å². The van der Waals surface area contributed by atoms with Gasteiger partial charge in [0.15, 0.2) is 0 Å². The van der Waals surface area contributed by atoms with Crippen LogP contribution in [0.4, 0.5) is 10.1 Å². The number of hydrogen-bond donors (Lipinski definition) is 1. The van der Waals surface area contributed by atoms with Gasteiger partial charge in [-0.1, -0.05) is 24.3 Å². The number of anilines is 1. The van der Waals surface area contributed by atoms with Crippen molar-refractivity contribution in [2.75, 3.05) is 5.32 Å². The summed E-state index contributed by atoms with van der Waals surface area (Å²) in [6.45, 7) is 1.98. The van der Waals surface area contributed by atoms with Crippen LogP contribution in [0.2, 0.25) is 0 Å². The van der Waals surface area contributed by atoms with E-state index in [0.717, 1.165) is 11.1 Å². The highest BCUT2D eigenvalue weighted by atomic mass is 19.1. The fourth-order valence-electron chi connectivity index (χ4n) is 2.21. The predicted octanol–water partition coefficient (Wildman–Crippen LogP) is 3.63. The molecule has 1 aliphatic heterocycles. The second kappa shape index (κ2) is 4.35. The van der Waals surface area contributed by atoms with Gasteiger partial charge in [-0.15, -0.1) is 0 Å². The van der Waals surface area contributed by atoms with Crippen molar-refractivity contribution in [1.29, 1.82) is 0 Å². The molecule has 1 aliphatic rings. The van der Waals surface area contributed by atoms with E-state index in [-0.39, 0.29) is 11.7 Å². The first-order valence-corrected chi connectivity index (χ1v) is 6.04. The Morgan fingerprint density at radius 2 is 1.95 bits per heavy atom. The molecule has 0 aromatic heterocycles. The van der Waals surface area contributed by atoms with Gasteiger partial charge in [0.1, 0.15) is 5.82 Å². The molecule has 2 aromatic rings. The van der Waals surface area contributed by atoms with E-state index in [0.29, 0.717) is 16.8 Å². The zero-order valence-corrected chi connectivity index (χ0v) is 10.4. The summed E-state index contributed by atoms with van der Waals surface area (Å²) in [5.41, 5.74) is 3.82. The van der Waals surface area contributed by atoms with Crippen molar-refractivity contribution in [3.63, 3.8) is 0 Å². The van der Waals surface area contributed by atoms with E-state index in [1.807, 2.05) is 31.2 Å². The van der Waals surface area contributed by atoms with Gasteiger partial charge in [0.25, 0.3) is 5.91 Å². The minimum Gasteiger partial charge on any atom is -0.321 e. The van der Waals surface area contributed by atoms with Gasteiger partial charge in [0.05, 0.1) is 0 Å². The Labute approximate surface area is 110 Å². The number of hydrogen-bond acceptors (Lipinski definition) is 1. The largest absolute Gasteiger partial charge is 0.321 e. The Bertz CT molecular complexity index is 704. The lowest BCUT2D eigenvalue weighted by Crippen LogP contribution is -2.03. The first kappa shape index (κ1) is 11.7. The molecule has 0 atom stereocenters. The van der Waals surface area contributed by atoms with Crippen LogP contribution in [0.5, 0.6) is 0 Å². The van der Waals surface area contributed by atoms with E-state index >= 15 is 0 Å². The predicted molar refractivity (Wildman–Crippen MR) is 74.1 cm³/mol. The molecular formula is C16H12FNO. The van der Waals surface area contributed by atoms with Gasteiger partial charge in [0.2, 0.25) is 0 Å². The van der Waals surface area contributed by atoms with Crippen LogP contribution in [0.3, 0.4) is 0 Å². The first-order valence-electron chi connectivity index (χ1n) is 6.04. The summed E-state index contributed by atoms with van der Waals surface area (Å²) in [4.78, 5) is 12.0. The number of fused-ring (bicyclic) bond motifs is 1. The van der Waals surface area contributed by atoms with Gasteiger partial charge >= 0.3 is 0 Å². The van der Waals surface area contributed by atoms with Crippen LogP contribution in [0.25, 0.3) is 11.6 Å². The number of carbonyl (C=O) groups is 1. The molecule has 19 heavy (non-hydrogen) atoms. The summed E-state index contributed by atoms with van der Waals surface area (Å²) in [5, 5.41) is 2.74. The van der Waals surface area contributed by atoms with Crippen molar-refractivity contribution in [1.82, 2.24) is 0 Å². The number of nitrogens with one attached hydrogen (secondary N) is 1. The monoisotopic (exact) mass is 253 g/mol. The molecule has 0 aliphatic carbocycles. The maximum absolute atomic E-state index is 13.3. The molecule has 2 nitrogen and oxygen atoms in total. The second-order valence-corrected chi connectivity index (χ2v) is 4.56. The minimum absolute atomic E-state index is 0.191. The SMILES string of the molecule is Cc1ccccc1/C=C1/C(=O)Nc2ccc(F)cc21. The third-order valence-corrected chi connectivity index (χ3v) is 3.25. The molecule has 0 saturated heterocycles. The minimum atomic E-state index is -0.342. The maximum Gasteiger partial charge on any atom is 0.256 e. The normalized spacial score (nSPS) is 15.5. The molecule has 1 heterocycles. The van der Waals surface area contributed by atoms with E-state index in [9.17, 15) is 9.18 Å². The van der Waals surface area contributed by atoms with Gasteiger partial charge in [-0.3, -0.25) is 4.79 Å². The fourth-order valence-corrected chi connectivity index (χ4v) is 2.21. The van der Waals surface area contributed by atoms with Crippen LogP contribution in [0, 0.1) is 12.7 Å². The lowest BCUT2D eigenvalue weighted by molar-refractivity contribution is -0.110. The van der Waals surface area contributed by atoms with Crippen LogP contribution in [-0.2, 0) is 4.79 Å². The second-order valence-electron chi connectivity index (χ2n) is 4.56. The molecule has 0 radical (unpaired) electrons. The quantitative estimate of drug-likeness (QED) is 0.772. The highest BCUT2D eigenvalue weighted by molar-refractivity contribution is 6.34. The molecule has 94 valence electrons. The molecule has 3 heteroatoms. The van der Waals surface area contributed by atoms with Gasteiger partial charge in [-0.05, 0) is 42.3 Å². The smallest absolute Gasteiger partial charge is 0.256 e. The van der Waals surface area contributed by atoms with Gasteiger partial charge in [0, 0.05) is 16.8 Å². The van der Waals surface area contributed by atoms with Crippen LogP contribution >= 0.6 is 0 Å². The Morgan fingerprint density at radius 3 is 2.74 bits per heavy atom. The molecule has 1 N–H and O–H groups in total. The lowest BCUT2D eigenvalue weighted by atomic mass is 10.0. The molecule has 0 spiro atoms. The number of amides is 1. The fraction of sp³-hybridized carbons (Fsp3) is 0.0625. The van der Waals surface area contributed by atoms with E-state index in [1.165, 1.54) is 12.1 Å². The summed E-state index contributed by atoms with van der Waals surface area (Å²) in [6.07, 6.45) is 1.80. The summed E-state index contributed by atoms with van der Waals surface area (Å²) in [5.74, 6) is -0.533. The molecule has 0 unspecified atom stereocenters. The van der Waals surface area contributed by atoms with Crippen molar-refractivity contribution < 1.29 is 9.18 Å². The van der Waals surface area contributed by atoms with Crippen LogP contribution < -0.4 is 5.32 Å². The lowest BCUT2D eigenvalue weighted by Gasteiger charge is -2.02. The number of rotatable bonds is 1. The zero-order valence-electron chi connectivity index (χ0n) is 10.4. The summed E-state index contributed by atoms with van der Waals surface area (Å²) >= 11 is 0. The van der Waals surface area contributed by atoms with Crippen molar-refractivity contribution in [2.24, 2.45) is 0 Å². The average molecular weight is 253 g/mol. The van der Waals surface area contributed by atoms with E-state index in [2.05, 4.69) is 5.32 Å². The van der Waals surface area contributed by atoms with E-state index < -0.39 is 0 Å². The molecule has 0 fully saturated rings.